The van der Waals surface area contributed by atoms with E-state index >= 15 is 0 Å². The van der Waals surface area contributed by atoms with Crippen LogP contribution in [0.2, 0.25) is 0 Å². The molecule has 0 radical (unpaired) electrons. The van der Waals surface area contributed by atoms with E-state index in [9.17, 15) is 4.79 Å². The van der Waals surface area contributed by atoms with Crippen LogP contribution < -0.4 is 0 Å². The van der Waals surface area contributed by atoms with Gasteiger partial charge in [-0.3, -0.25) is 9.89 Å². The van der Waals surface area contributed by atoms with Crippen molar-refractivity contribution in [2.75, 3.05) is 13.1 Å². The summed E-state index contributed by atoms with van der Waals surface area (Å²) in [7, 11) is 0. The first-order valence-electron chi connectivity index (χ1n) is 7.44. The summed E-state index contributed by atoms with van der Waals surface area (Å²) in [6.45, 7) is 3.50. The second-order valence-corrected chi connectivity index (χ2v) is 5.85. The summed E-state index contributed by atoms with van der Waals surface area (Å²) >= 11 is 0. The standard InChI is InChI=1S/C16H17N5O/c1-11-2-3-15-18-14(10-21(15)8-11)16(22)20-7-5-12(9-20)13-4-6-17-19-13/h2-4,6,8,10,12H,5,7,9H2,1H3,(H,17,19)/t12-/m1/s1. The number of aromatic amines is 1. The van der Waals surface area contributed by atoms with E-state index in [2.05, 4.69) is 15.2 Å². The van der Waals surface area contributed by atoms with E-state index in [1.165, 1.54) is 0 Å². The van der Waals surface area contributed by atoms with Gasteiger partial charge in [-0.15, -0.1) is 0 Å². The summed E-state index contributed by atoms with van der Waals surface area (Å²) in [6, 6.07) is 5.91. The molecule has 4 heterocycles. The van der Waals surface area contributed by atoms with Crippen LogP contribution in [0.25, 0.3) is 5.65 Å². The molecule has 112 valence electrons. The monoisotopic (exact) mass is 295 g/mol. The fraction of sp³-hybridized carbons (Fsp3) is 0.312. The minimum atomic E-state index is 0.00312. The maximum atomic E-state index is 12.6. The molecular formula is C16H17N5O. The molecule has 3 aromatic heterocycles. The molecular weight excluding hydrogens is 278 g/mol. The van der Waals surface area contributed by atoms with E-state index in [0.717, 1.165) is 29.9 Å². The predicted octanol–water partition coefficient (Wildman–Crippen LogP) is 2.00. The minimum Gasteiger partial charge on any atom is -0.337 e. The van der Waals surface area contributed by atoms with Crippen molar-refractivity contribution < 1.29 is 4.79 Å². The quantitative estimate of drug-likeness (QED) is 0.786. The van der Waals surface area contributed by atoms with E-state index in [0.29, 0.717) is 18.2 Å². The van der Waals surface area contributed by atoms with Crippen molar-refractivity contribution in [2.45, 2.75) is 19.3 Å². The van der Waals surface area contributed by atoms with Gasteiger partial charge in [-0.2, -0.15) is 5.10 Å². The van der Waals surface area contributed by atoms with Gasteiger partial charge in [0.05, 0.1) is 0 Å². The van der Waals surface area contributed by atoms with Crippen LogP contribution in [0.5, 0.6) is 0 Å². The minimum absolute atomic E-state index is 0.00312. The fourth-order valence-electron chi connectivity index (χ4n) is 3.06. The van der Waals surface area contributed by atoms with Gasteiger partial charge in [-0.05, 0) is 31.0 Å². The number of carbonyl (C=O) groups is 1. The van der Waals surface area contributed by atoms with Crippen molar-refractivity contribution in [3.8, 4) is 0 Å². The number of aromatic nitrogens is 4. The number of likely N-dealkylation sites (tertiary alicyclic amines) is 1. The van der Waals surface area contributed by atoms with E-state index in [1.807, 2.05) is 46.8 Å². The third kappa shape index (κ3) is 2.16. The van der Waals surface area contributed by atoms with Gasteiger partial charge in [0.25, 0.3) is 5.91 Å². The zero-order valence-electron chi connectivity index (χ0n) is 12.4. The topological polar surface area (TPSA) is 66.3 Å². The highest BCUT2D eigenvalue weighted by molar-refractivity contribution is 5.93. The number of pyridine rings is 1. The average Bonchev–Trinajstić information content (AvgIpc) is 3.24. The lowest BCUT2D eigenvalue weighted by molar-refractivity contribution is 0.0785. The molecule has 1 saturated heterocycles. The van der Waals surface area contributed by atoms with Crippen LogP contribution in [0, 0.1) is 6.92 Å². The maximum absolute atomic E-state index is 12.6. The molecule has 4 rings (SSSR count). The smallest absolute Gasteiger partial charge is 0.274 e. The summed E-state index contributed by atoms with van der Waals surface area (Å²) in [5.41, 5.74) is 3.56. The lowest BCUT2D eigenvalue weighted by atomic mass is 10.1. The van der Waals surface area contributed by atoms with Crippen molar-refractivity contribution in [2.24, 2.45) is 0 Å². The number of carbonyl (C=O) groups excluding carboxylic acids is 1. The Bertz CT molecular complexity index is 820. The van der Waals surface area contributed by atoms with Gasteiger partial charge < -0.3 is 9.30 Å². The van der Waals surface area contributed by atoms with Crippen molar-refractivity contribution in [3.63, 3.8) is 0 Å². The van der Waals surface area contributed by atoms with Gasteiger partial charge >= 0.3 is 0 Å². The highest BCUT2D eigenvalue weighted by atomic mass is 16.2. The van der Waals surface area contributed by atoms with Crippen molar-refractivity contribution in [3.05, 3.63) is 53.7 Å². The number of rotatable bonds is 2. The third-order valence-corrected chi connectivity index (χ3v) is 4.26. The summed E-state index contributed by atoms with van der Waals surface area (Å²) in [5.74, 6) is 0.342. The molecule has 0 unspecified atom stereocenters. The number of hydrogen-bond donors (Lipinski definition) is 1. The van der Waals surface area contributed by atoms with Crippen LogP contribution in [0.4, 0.5) is 0 Å². The Balaban J connectivity index is 1.56. The zero-order chi connectivity index (χ0) is 15.1. The van der Waals surface area contributed by atoms with Crippen LogP contribution in [0.15, 0.2) is 36.8 Å². The Morgan fingerprint density at radius 3 is 3.05 bits per heavy atom. The Hall–Kier alpha value is -2.63. The molecule has 1 aliphatic rings. The molecule has 0 aliphatic carbocycles. The normalized spacial score (nSPS) is 18.2. The van der Waals surface area contributed by atoms with Gasteiger partial charge in [-0.25, -0.2) is 4.98 Å². The summed E-state index contributed by atoms with van der Waals surface area (Å²) in [4.78, 5) is 19.0. The lowest BCUT2D eigenvalue weighted by Crippen LogP contribution is -2.28. The third-order valence-electron chi connectivity index (χ3n) is 4.26. The fourth-order valence-corrected chi connectivity index (χ4v) is 3.06. The Morgan fingerprint density at radius 1 is 1.32 bits per heavy atom. The molecule has 1 fully saturated rings. The molecule has 0 bridgehead atoms. The molecule has 1 N–H and O–H groups in total. The summed E-state index contributed by atoms with van der Waals surface area (Å²) in [6.07, 6.45) is 6.51. The number of nitrogens with zero attached hydrogens (tertiary/aromatic N) is 4. The number of hydrogen-bond acceptors (Lipinski definition) is 3. The Kier molecular flexibility index (Phi) is 2.96. The van der Waals surface area contributed by atoms with Crippen molar-refractivity contribution >= 4 is 11.6 Å². The number of H-pyrrole nitrogens is 1. The maximum Gasteiger partial charge on any atom is 0.274 e. The molecule has 1 aliphatic heterocycles. The van der Waals surface area contributed by atoms with Gasteiger partial charge in [0, 0.05) is 43.3 Å². The van der Waals surface area contributed by atoms with Crippen LogP contribution in [-0.4, -0.2) is 43.5 Å². The highest BCUT2D eigenvalue weighted by Crippen LogP contribution is 2.26. The molecule has 1 amide bonds. The van der Waals surface area contributed by atoms with Crippen LogP contribution >= 0.6 is 0 Å². The van der Waals surface area contributed by atoms with E-state index in [1.54, 1.807) is 6.20 Å². The van der Waals surface area contributed by atoms with Crippen LogP contribution in [0.3, 0.4) is 0 Å². The summed E-state index contributed by atoms with van der Waals surface area (Å²) < 4.78 is 1.91. The van der Waals surface area contributed by atoms with Gasteiger partial charge in [0.2, 0.25) is 0 Å². The Morgan fingerprint density at radius 2 is 2.23 bits per heavy atom. The molecule has 6 nitrogen and oxygen atoms in total. The van der Waals surface area contributed by atoms with Crippen molar-refractivity contribution in [1.82, 2.24) is 24.5 Å². The number of imidazole rings is 1. The first kappa shape index (κ1) is 13.1. The lowest BCUT2D eigenvalue weighted by Gasteiger charge is -2.14. The second kappa shape index (κ2) is 4.98. The van der Waals surface area contributed by atoms with E-state index in [-0.39, 0.29) is 5.91 Å². The molecule has 3 aromatic rings. The molecule has 22 heavy (non-hydrogen) atoms. The number of nitrogens with one attached hydrogen (secondary N) is 1. The van der Waals surface area contributed by atoms with Gasteiger partial charge in [0.1, 0.15) is 11.3 Å². The Labute approximate surface area is 127 Å². The zero-order valence-corrected chi connectivity index (χ0v) is 12.4. The molecule has 0 spiro atoms. The number of amides is 1. The summed E-state index contributed by atoms with van der Waals surface area (Å²) in [5, 5.41) is 6.99. The first-order valence-corrected chi connectivity index (χ1v) is 7.44. The predicted molar refractivity (Wildman–Crippen MR) is 81.8 cm³/mol. The van der Waals surface area contributed by atoms with Gasteiger partial charge in [-0.1, -0.05) is 6.07 Å². The molecule has 0 aromatic carbocycles. The van der Waals surface area contributed by atoms with Gasteiger partial charge in [0.15, 0.2) is 0 Å². The van der Waals surface area contributed by atoms with Crippen LogP contribution in [-0.2, 0) is 0 Å². The molecule has 6 heteroatoms. The average molecular weight is 295 g/mol. The van der Waals surface area contributed by atoms with Crippen LogP contribution in [0.1, 0.15) is 34.1 Å². The second-order valence-electron chi connectivity index (χ2n) is 5.85. The largest absolute Gasteiger partial charge is 0.337 e. The van der Waals surface area contributed by atoms with Crippen molar-refractivity contribution in [1.29, 1.82) is 0 Å². The molecule has 1 atom stereocenters. The van der Waals surface area contributed by atoms with E-state index in [4.69, 9.17) is 0 Å². The number of aryl methyl sites for hydroxylation is 1. The SMILES string of the molecule is Cc1ccc2nc(C(=O)N3CC[C@@H](c4ccn[nH]4)C3)cn2c1. The number of fused-ring (bicyclic) bond motifs is 1. The van der Waals surface area contributed by atoms with E-state index < -0.39 is 0 Å². The molecule has 0 saturated carbocycles. The first-order chi connectivity index (χ1) is 10.7. The highest BCUT2D eigenvalue weighted by Gasteiger charge is 2.29.